The van der Waals surface area contributed by atoms with Gasteiger partial charge >= 0.3 is 0 Å². The summed E-state index contributed by atoms with van der Waals surface area (Å²) in [5, 5.41) is 13.4. The summed E-state index contributed by atoms with van der Waals surface area (Å²) in [7, 11) is 0. The van der Waals surface area contributed by atoms with Crippen molar-refractivity contribution in [2.24, 2.45) is 11.8 Å². The molecule has 0 bridgehead atoms. The molecule has 1 atom stereocenters. The third kappa shape index (κ3) is 4.94. The second-order valence-corrected chi connectivity index (χ2v) is 5.69. The highest BCUT2D eigenvalue weighted by Gasteiger charge is 2.41. The van der Waals surface area contributed by atoms with E-state index in [-0.39, 0.29) is 6.10 Å². The molecule has 2 aliphatic rings. The molecule has 2 aliphatic carbocycles. The Morgan fingerprint density at radius 2 is 1.88 bits per heavy atom. The summed E-state index contributed by atoms with van der Waals surface area (Å²) in [6, 6.07) is 0.681. The lowest BCUT2D eigenvalue weighted by Gasteiger charge is -2.20. The first-order valence-electron chi connectivity index (χ1n) is 7.30. The molecule has 0 aromatic carbocycles. The van der Waals surface area contributed by atoms with E-state index in [0.29, 0.717) is 19.2 Å². The van der Waals surface area contributed by atoms with Crippen molar-refractivity contribution in [3.63, 3.8) is 0 Å². The fourth-order valence-corrected chi connectivity index (χ4v) is 2.43. The molecule has 100 valence electrons. The Morgan fingerprint density at radius 1 is 1.24 bits per heavy atom. The Labute approximate surface area is 105 Å². The van der Waals surface area contributed by atoms with Gasteiger partial charge in [0.05, 0.1) is 12.7 Å². The van der Waals surface area contributed by atoms with Crippen LogP contribution in [0.4, 0.5) is 0 Å². The van der Waals surface area contributed by atoms with Crippen LogP contribution in [-0.2, 0) is 4.74 Å². The zero-order valence-electron chi connectivity index (χ0n) is 11.0. The van der Waals surface area contributed by atoms with Crippen molar-refractivity contribution < 1.29 is 9.84 Å². The maximum atomic E-state index is 9.81. The minimum absolute atomic E-state index is 0.341. The van der Waals surface area contributed by atoms with Crippen molar-refractivity contribution in [3.8, 4) is 0 Å². The summed E-state index contributed by atoms with van der Waals surface area (Å²) in [5.41, 5.74) is 0. The lowest BCUT2D eigenvalue weighted by atomic mass is 10.1. The highest BCUT2D eigenvalue weighted by Crippen LogP contribution is 2.44. The van der Waals surface area contributed by atoms with Crippen LogP contribution in [0.25, 0.3) is 0 Å². The number of aliphatic hydroxyl groups is 1. The van der Waals surface area contributed by atoms with Crippen molar-refractivity contribution in [1.82, 2.24) is 5.32 Å². The molecule has 17 heavy (non-hydrogen) atoms. The van der Waals surface area contributed by atoms with Gasteiger partial charge in [-0.15, -0.1) is 0 Å². The summed E-state index contributed by atoms with van der Waals surface area (Å²) in [6.45, 7) is 4.11. The van der Waals surface area contributed by atoms with E-state index in [9.17, 15) is 5.11 Å². The second kappa shape index (κ2) is 6.72. The number of unbranched alkanes of at least 4 members (excludes halogenated alkanes) is 1. The molecule has 0 amide bonds. The van der Waals surface area contributed by atoms with E-state index in [1.807, 2.05) is 0 Å². The van der Waals surface area contributed by atoms with Gasteiger partial charge in [0.2, 0.25) is 0 Å². The standard InChI is InChI=1S/C14H27NO2/c1-2-3-8-17-10-13(16)9-15-14(11-4-5-11)12-6-7-12/h11-16H,2-10H2,1H3. The molecule has 0 saturated heterocycles. The van der Waals surface area contributed by atoms with Crippen molar-refractivity contribution in [3.05, 3.63) is 0 Å². The summed E-state index contributed by atoms with van der Waals surface area (Å²) in [4.78, 5) is 0. The van der Waals surface area contributed by atoms with E-state index in [4.69, 9.17) is 4.74 Å². The topological polar surface area (TPSA) is 41.5 Å². The quantitative estimate of drug-likeness (QED) is 0.574. The molecule has 3 heteroatoms. The monoisotopic (exact) mass is 241 g/mol. The molecule has 2 N–H and O–H groups in total. The number of ether oxygens (including phenoxy) is 1. The minimum atomic E-state index is -0.341. The third-order valence-corrected chi connectivity index (χ3v) is 3.80. The Balaban J connectivity index is 1.53. The Hall–Kier alpha value is -0.120. The minimum Gasteiger partial charge on any atom is -0.389 e. The molecule has 2 rings (SSSR count). The molecule has 3 nitrogen and oxygen atoms in total. The predicted molar refractivity (Wildman–Crippen MR) is 69.0 cm³/mol. The average Bonchev–Trinajstić information content (AvgIpc) is 3.15. The molecular formula is C14H27NO2. The van der Waals surface area contributed by atoms with Gasteiger partial charge in [-0.2, -0.15) is 0 Å². The number of aliphatic hydroxyl groups excluding tert-OH is 1. The van der Waals surface area contributed by atoms with Gasteiger partial charge in [0.15, 0.2) is 0 Å². The van der Waals surface area contributed by atoms with Crippen LogP contribution in [0.15, 0.2) is 0 Å². The molecule has 0 spiro atoms. The Bertz CT molecular complexity index is 202. The van der Waals surface area contributed by atoms with E-state index in [1.54, 1.807) is 0 Å². The Kier molecular flexibility index (Phi) is 5.26. The molecule has 0 aromatic rings. The number of nitrogens with one attached hydrogen (secondary N) is 1. The third-order valence-electron chi connectivity index (χ3n) is 3.80. The van der Waals surface area contributed by atoms with Gasteiger partial charge in [0.25, 0.3) is 0 Å². The molecule has 0 aliphatic heterocycles. The summed E-state index contributed by atoms with van der Waals surface area (Å²) < 4.78 is 5.43. The van der Waals surface area contributed by atoms with Gasteiger partial charge < -0.3 is 15.2 Å². The normalized spacial score (nSPS) is 22.1. The van der Waals surface area contributed by atoms with Gasteiger partial charge in [-0.25, -0.2) is 0 Å². The van der Waals surface area contributed by atoms with Crippen LogP contribution in [0.5, 0.6) is 0 Å². The Morgan fingerprint density at radius 3 is 2.41 bits per heavy atom. The van der Waals surface area contributed by atoms with Crippen LogP contribution < -0.4 is 5.32 Å². The number of hydrogen-bond acceptors (Lipinski definition) is 3. The van der Waals surface area contributed by atoms with Gasteiger partial charge in [-0.05, 0) is 43.9 Å². The first-order chi connectivity index (χ1) is 8.31. The first-order valence-corrected chi connectivity index (χ1v) is 7.30. The van der Waals surface area contributed by atoms with Crippen molar-refractivity contribution >= 4 is 0 Å². The molecule has 1 unspecified atom stereocenters. The number of hydrogen-bond donors (Lipinski definition) is 2. The zero-order valence-corrected chi connectivity index (χ0v) is 11.0. The second-order valence-electron chi connectivity index (χ2n) is 5.69. The van der Waals surface area contributed by atoms with Crippen LogP contribution >= 0.6 is 0 Å². The van der Waals surface area contributed by atoms with E-state index in [0.717, 1.165) is 31.3 Å². The zero-order chi connectivity index (χ0) is 12.1. The van der Waals surface area contributed by atoms with E-state index in [2.05, 4.69) is 12.2 Å². The lowest BCUT2D eigenvalue weighted by molar-refractivity contribution is 0.0338. The SMILES string of the molecule is CCCCOCC(O)CNC(C1CC1)C1CC1. The summed E-state index contributed by atoms with van der Waals surface area (Å²) in [5.74, 6) is 1.80. The highest BCUT2D eigenvalue weighted by atomic mass is 16.5. The van der Waals surface area contributed by atoms with Crippen molar-refractivity contribution in [2.75, 3.05) is 19.8 Å². The number of rotatable bonds is 10. The maximum absolute atomic E-state index is 9.81. The largest absolute Gasteiger partial charge is 0.389 e. The first kappa shape index (κ1) is 13.3. The van der Waals surface area contributed by atoms with Crippen molar-refractivity contribution in [2.45, 2.75) is 57.6 Å². The molecule has 0 heterocycles. The summed E-state index contributed by atoms with van der Waals surface area (Å²) >= 11 is 0. The maximum Gasteiger partial charge on any atom is 0.0897 e. The molecule has 2 fully saturated rings. The van der Waals surface area contributed by atoms with Crippen molar-refractivity contribution in [1.29, 1.82) is 0 Å². The highest BCUT2D eigenvalue weighted by molar-refractivity contribution is 4.96. The van der Waals surface area contributed by atoms with Crippen LogP contribution in [0.3, 0.4) is 0 Å². The average molecular weight is 241 g/mol. The van der Waals surface area contributed by atoms with Gasteiger partial charge in [-0.1, -0.05) is 13.3 Å². The van der Waals surface area contributed by atoms with E-state index in [1.165, 1.54) is 25.7 Å². The van der Waals surface area contributed by atoms with Gasteiger partial charge in [-0.3, -0.25) is 0 Å². The fourth-order valence-electron chi connectivity index (χ4n) is 2.43. The van der Waals surface area contributed by atoms with Crippen LogP contribution in [-0.4, -0.2) is 37.0 Å². The predicted octanol–water partition coefficient (Wildman–Crippen LogP) is 1.94. The van der Waals surface area contributed by atoms with E-state index < -0.39 is 0 Å². The molecule has 0 aromatic heterocycles. The van der Waals surface area contributed by atoms with Crippen LogP contribution in [0, 0.1) is 11.8 Å². The van der Waals surface area contributed by atoms with Crippen LogP contribution in [0.2, 0.25) is 0 Å². The van der Waals surface area contributed by atoms with Gasteiger partial charge in [0.1, 0.15) is 0 Å². The lowest BCUT2D eigenvalue weighted by Crippen LogP contribution is -2.40. The van der Waals surface area contributed by atoms with Crippen LogP contribution in [0.1, 0.15) is 45.4 Å². The van der Waals surface area contributed by atoms with E-state index >= 15 is 0 Å². The fraction of sp³-hybridized carbons (Fsp3) is 1.00. The summed E-state index contributed by atoms with van der Waals surface area (Å²) in [6.07, 6.45) is 7.45. The molecule has 0 radical (unpaired) electrons. The molecule has 2 saturated carbocycles. The molecular weight excluding hydrogens is 214 g/mol. The van der Waals surface area contributed by atoms with Gasteiger partial charge in [0, 0.05) is 19.2 Å². The smallest absolute Gasteiger partial charge is 0.0897 e.